The average molecular weight is 304 g/mol. The van der Waals surface area contributed by atoms with Crippen molar-refractivity contribution in [2.24, 2.45) is 5.92 Å². The molecule has 0 radical (unpaired) electrons. The van der Waals surface area contributed by atoms with Crippen LogP contribution in [0.1, 0.15) is 43.5 Å². The molecule has 0 unspecified atom stereocenters. The molecule has 0 aliphatic rings. The summed E-state index contributed by atoms with van der Waals surface area (Å²) in [5, 5.41) is 0.599. The molecule has 3 heteroatoms. The summed E-state index contributed by atoms with van der Waals surface area (Å²) >= 11 is 9.23. The van der Waals surface area contributed by atoms with Gasteiger partial charge in [0.1, 0.15) is 0 Å². The van der Waals surface area contributed by atoms with Gasteiger partial charge in [-0.15, -0.1) is 0 Å². The Kier molecular flexibility index (Phi) is 5.50. The van der Waals surface area contributed by atoms with Crippen LogP contribution in [-0.2, 0) is 0 Å². The Bertz CT molecular complexity index is 354. The Morgan fingerprint density at radius 2 is 2.06 bits per heavy atom. The molecule has 0 saturated carbocycles. The molecule has 0 saturated heterocycles. The predicted molar refractivity (Wildman–Crippen MR) is 72.2 cm³/mol. The van der Waals surface area contributed by atoms with Gasteiger partial charge in [0.05, 0.1) is 0 Å². The van der Waals surface area contributed by atoms with E-state index >= 15 is 0 Å². The van der Waals surface area contributed by atoms with Crippen molar-refractivity contribution in [3.63, 3.8) is 0 Å². The molecule has 0 fully saturated rings. The second-order valence-corrected chi connectivity index (χ2v) is 5.72. The molecular weight excluding hydrogens is 287 g/mol. The van der Waals surface area contributed by atoms with Crippen molar-refractivity contribution in [3.05, 3.63) is 33.3 Å². The summed E-state index contributed by atoms with van der Waals surface area (Å²) in [7, 11) is 0. The maximum absolute atomic E-state index is 11.9. The summed E-state index contributed by atoms with van der Waals surface area (Å²) in [6, 6.07) is 5.33. The lowest BCUT2D eigenvalue weighted by Gasteiger charge is -2.05. The van der Waals surface area contributed by atoms with Crippen LogP contribution in [0.15, 0.2) is 22.7 Å². The van der Waals surface area contributed by atoms with Gasteiger partial charge < -0.3 is 0 Å². The van der Waals surface area contributed by atoms with Gasteiger partial charge in [-0.25, -0.2) is 0 Å². The molecule has 1 aromatic rings. The van der Waals surface area contributed by atoms with Gasteiger partial charge in [0.15, 0.2) is 5.78 Å². The van der Waals surface area contributed by atoms with Crippen molar-refractivity contribution >= 4 is 33.3 Å². The molecule has 0 heterocycles. The van der Waals surface area contributed by atoms with Gasteiger partial charge in [-0.3, -0.25) is 4.79 Å². The van der Waals surface area contributed by atoms with Crippen LogP contribution < -0.4 is 0 Å². The van der Waals surface area contributed by atoms with Crippen molar-refractivity contribution in [1.82, 2.24) is 0 Å². The summed E-state index contributed by atoms with van der Waals surface area (Å²) in [5.41, 5.74) is 0.697. The molecule has 88 valence electrons. The summed E-state index contributed by atoms with van der Waals surface area (Å²) < 4.78 is 0.854. The molecule has 0 bridgehead atoms. The number of carbonyl (C=O) groups is 1. The molecule has 16 heavy (non-hydrogen) atoms. The second kappa shape index (κ2) is 6.41. The first kappa shape index (κ1) is 13.7. The van der Waals surface area contributed by atoms with Gasteiger partial charge in [0.2, 0.25) is 0 Å². The Hall–Kier alpha value is -0.340. The second-order valence-electron chi connectivity index (χ2n) is 4.37. The maximum Gasteiger partial charge on any atom is 0.162 e. The summed E-state index contributed by atoms with van der Waals surface area (Å²) in [6.45, 7) is 4.33. The van der Waals surface area contributed by atoms with Gasteiger partial charge in [-0.2, -0.15) is 0 Å². The summed E-state index contributed by atoms with van der Waals surface area (Å²) in [6.07, 6.45) is 2.64. The van der Waals surface area contributed by atoms with E-state index in [4.69, 9.17) is 11.6 Å². The lowest BCUT2D eigenvalue weighted by atomic mass is 10.0. The topological polar surface area (TPSA) is 17.1 Å². The highest BCUT2D eigenvalue weighted by Gasteiger charge is 2.08. The van der Waals surface area contributed by atoms with Gasteiger partial charge >= 0.3 is 0 Å². The minimum atomic E-state index is 0.170. The van der Waals surface area contributed by atoms with Crippen molar-refractivity contribution in [2.45, 2.75) is 33.1 Å². The van der Waals surface area contributed by atoms with Crippen LogP contribution in [0.5, 0.6) is 0 Å². The quantitative estimate of drug-likeness (QED) is 0.691. The van der Waals surface area contributed by atoms with Gasteiger partial charge in [0.25, 0.3) is 0 Å². The Labute approximate surface area is 110 Å². The monoisotopic (exact) mass is 302 g/mol. The molecule has 0 aliphatic carbocycles. The van der Waals surface area contributed by atoms with Crippen molar-refractivity contribution < 1.29 is 4.79 Å². The van der Waals surface area contributed by atoms with Crippen LogP contribution >= 0.6 is 27.5 Å². The van der Waals surface area contributed by atoms with Crippen LogP contribution in [0.3, 0.4) is 0 Å². The third kappa shape index (κ3) is 4.67. The van der Waals surface area contributed by atoms with Crippen molar-refractivity contribution in [2.75, 3.05) is 0 Å². The lowest BCUT2D eigenvalue weighted by molar-refractivity contribution is 0.0978. The first-order valence-electron chi connectivity index (χ1n) is 5.48. The first-order valence-corrected chi connectivity index (χ1v) is 6.65. The smallest absolute Gasteiger partial charge is 0.162 e. The molecular formula is C13H16BrClO. The van der Waals surface area contributed by atoms with E-state index in [0.29, 0.717) is 22.9 Å². The normalized spacial score (nSPS) is 10.8. The van der Waals surface area contributed by atoms with Gasteiger partial charge in [0, 0.05) is 21.5 Å². The van der Waals surface area contributed by atoms with Gasteiger partial charge in [-0.1, -0.05) is 47.8 Å². The fourth-order valence-corrected chi connectivity index (χ4v) is 2.39. The van der Waals surface area contributed by atoms with Gasteiger partial charge in [-0.05, 0) is 30.5 Å². The SMILES string of the molecule is CC(C)CCCC(=O)c1cc(Cl)cc(Br)c1. The zero-order valence-electron chi connectivity index (χ0n) is 9.59. The third-order valence-electron chi connectivity index (χ3n) is 2.37. The van der Waals surface area contributed by atoms with Crippen molar-refractivity contribution in [1.29, 1.82) is 0 Å². The molecule has 1 rings (SSSR count). The largest absolute Gasteiger partial charge is 0.294 e. The minimum Gasteiger partial charge on any atom is -0.294 e. The van der Waals surface area contributed by atoms with E-state index in [1.54, 1.807) is 12.1 Å². The van der Waals surface area contributed by atoms with E-state index in [2.05, 4.69) is 29.8 Å². The molecule has 1 aromatic carbocycles. The van der Waals surface area contributed by atoms with E-state index in [1.807, 2.05) is 6.07 Å². The number of rotatable bonds is 5. The van der Waals surface area contributed by atoms with E-state index in [9.17, 15) is 4.79 Å². The number of ketones is 1. The minimum absolute atomic E-state index is 0.170. The van der Waals surface area contributed by atoms with Crippen LogP contribution in [0.25, 0.3) is 0 Å². The Morgan fingerprint density at radius 3 is 2.62 bits per heavy atom. The van der Waals surface area contributed by atoms with Crippen LogP contribution in [-0.4, -0.2) is 5.78 Å². The predicted octanol–water partition coefficient (Wildman–Crippen LogP) is 5.11. The molecule has 0 N–H and O–H groups in total. The first-order chi connectivity index (χ1) is 7.49. The summed E-state index contributed by atoms with van der Waals surface area (Å²) in [5.74, 6) is 0.822. The highest BCUT2D eigenvalue weighted by Crippen LogP contribution is 2.21. The number of benzene rings is 1. The number of hydrogen-bond acceptors (Lipinski definition) is 1. The van der Waals surface area contributed by atoms with E-state index in [0.717, 1.165) is 17.3 Å². The Morgan fingerprint density at radius 1 is 1.38 bits per heavy atom. The van der Waals surface area contributed by atoms with E-state index < -0.39 is 0 Å². The fraction of sp³-hybridized carbons (Fsp3) is 0.462. The number of carbonyl (C=O) groups excluding carboxylic acids is 1. The fourth-order valence-electron chi connectivity index (χ4n) is 1.53. The highest BCUT2D eigenvalue weighted by atomic mass is 79.9. The molecule has 0 spiro atoms. The number of halogens is 2. The van der Waals surface area contributed by atoms with Crippen molar-refractivity contribution in [3.8, 4) is 0 Å². The Balaban J connectivity index is 2.59. The van der Waals surface area contributed by atoms with Crippen LogP contribution in [0, 0.1) is 5.92 Å². The standard InChI is InChI=1S/C13H16BrClO/c1-9(2)4-3-5-13(16)10-6-11(14)8-12(15)7-10/h6-9H,3-5H2,1-2H3. The van der Waals surface area contributed by atoms with E-state index in [-0.39, 0.29) is 5.78 Å². The molecule has 0 amide bonds. The molecule has 0 atom stereocenters. The molecule has 1 nitrogen and oxygen atoms in total. The molecule has 0 aliphatic heterocycles. The van der Waals surface area contributed by atoms with Crippen LogP contribution in [0.4, 0.5) is 0 Å². The number of Topliss-reactive ketones (excluding diaryl/α,β-unsaturated/α-hetero) is 1. The maximum atomic E-state index is 11.9. The lowest BCUT2D eigenvalue weighted by Crippen LogP contribution is -2.00. The zero-order chi connectivity index (χ0) is 12.1. The molecule has 0 aromatic heterocycles. The van der Waals surface area contributed by atoms with Crippen LogP contribution in [0.2, 0.25) is 5.02 Å². The third-order valence-corrected chi connectivity index (χ3v) is 3.05. The van der Waals surface area contributed by atoms with E-state index in [1.165, 1.54) is 0 Å². The average Bonchev–Trinajstić information content (AvgIpc) is 2.15. The highest BCUT2D eigenvalue weighted by molar-refractivity contribution is 9.10. The zero-order valence-corrected chi connectivity index (χ0v) is 11.9. The summed E-state index contributed by atoms with van der Waals surface area (Å²) in [4.78, 5) is 11.9. The number of hydrogen-bond donors (Lipinski definition) is 0.